The topological polar surface area (TPSA) is 122 Å². The highest BCUT2D eigenvalue weighted by atomic mass is 16.5. The Bertz CT molecular complexity index is 809. The van der Waals surface area contributed by atoms with Gasteiger partial charge in [-0.25, -0.2) is 4.68 Å². The lowest BCUT2D eigenvalue weighted by Crippen LogP contribution is -2.39. The van der Waals surface area contributed by atoms with Crippen LogP contribution in [0.25, 0.3) is 0 Å². The van der Waals surface area contributed by atoms with E-state index in [4.69, 9.17) is 19.6 Å². The minimum Gasteiger partial charge on any atom is -0.455 e. The van der Waals surface area contributed by atoms with E-state index in [1.54, 1.807) is 17.9 Å². The van der Waals surface area contributed by atoms with Gasteiger partial charge in [-0.3, -0.25) is 9.69 Å². The minimum atomic E-state index is -0.561. The standard InChI is InChI=1S/C18H28N6O4/c1-18(2,3)15-12(9-13(28-15)16(19)25)10-23-5-8-27-14(11-23)17-20-21-22-24(17)6-7-26-4/h9,14H,5-8,10-11H2,1-4H3,(H2,19,25). The van der Waals surface area contributed by atoms with Crippen molar-refractivity contribution in [3.8, 4) is 0 Å². The number of amides is 1. The lowest BCUT2D eigenvalue weighted by atomic mass is 9.90. The molecule has 0 saturated carbocycles. The van der Waals surface area contributed by atoms with Crippen LogP contribution in [0.5, 0.6) is 0 Å². The molecule has 3 rings (SSSR count). The summed E-state index contributed by atoms with van der Waals surface area (Å²) in [5.41, 5.74) is 6.14. The van der Waals surface area contributed by atoms with Gasteiger partial charge in [0.05, 0.1) is 19.8 Å². The summed E-state index contributed by atoms with van der Waals surface area (Å²) in [5, 5.41) is 11.9. The van der Waals surface area contributed by atoms with Crippen molar-refractivity contribution in [3.63, 3.8) is 0 Å². The van der Waals surface area contributed by atoms with E-state index < -0.39 is 5.91 Å². The molecule has 154 valence electrons. The summed E-state index contributed by atoms with van der Waals surface area (Å²) in [5.74, 6) is 1.08. The van der Waals surface area contributed by atoms with Gasteiger partial charge in [0.1, 0.15) is 11.9 Å². The average molecular weight is 392 g/mol. The molecule has 2 N–H and O–H groups in total. The molecular formula is C18H28N6O4. The molecule has 0 bridgehead atoms. The van der Waals surface area contributed by atoms with Crippen molar-refractivity contribution >= 4 is 5.91 Å². The lowest BCUT2D eigenvalue weighted by Gasteiger charge is -2.32. The summed E-state index contributed by atoms with van der Waals surface area (Å²) in [7, 11) is 1.64. The molecule has 0 aliphatic carbocycles. The molecule has 1 atom stereocenters. The Morgan fingerprint density at radius 2 is 2.21 bits per heavy atom. The van der Waals surface area contributed by atoms with Gasteiger partial charge in [-0.1, -0.05) is 20.8 Å². The van der Waals surface area contributed by atoms with Crippen LogP contribution >= 0.6 is 0 Å². The Morgan fingerprint density at radius 1 is 1.43 bits per heavy atom. The van der Waals surface area contributed by atoms with E-state index in [1.165, 1.54) is 0 Å². The third kappa shape index (κ3) is 4.57. The molecule has 28 heavy (non-hydrogen) atoms. The molecule has 10 heteroatoms. The van der Waals surface area contributed by atoms with E-state index >= 15 is 0 Å². The molecule has 2 aromatic heterocycles. The third-order valence-electron chi connectivity index (χ3n) is 4.63. The van der Waals surface area contributed by atoms with Crippen LogP contribution in [-0.4, -0.2) is 64.4 Å². The number of primary amides is 1. The molecule has 0 spiro atoms. The number of methoxy groups -OCH3 is 1. The Balaban J connectivity index is 1.76. The maximum absolute atomic E-state index is 11.6. The summed E-state index contributed by atoms with van der Waals surface area (Å²) in [6.07, 6.45) is -0.235. The number of hydrogen-bond acceptors (Lipinski definition) is 8. The third-order valence-corrected chi connectivity index (χ3v) is 4.63. The number of carbonyl (C=O) groups excluding carboxylic acids is 1. The first-order valence-electron chi connectivity index (χ1n) is 9.31. The highest BCUT2D eigenvalue weighted by Crippen LogP contribution is 2.31. The van der Waals surface area contributed by atoms with Gasteiger partial charge >= 0.3 is 0 Å². The van der Waals surface area contributed by atoms with Gasteiger partial charge in [-0.2, -0.15) is 0 Å². The van der Waals surface area contributed by atoms with E-state index in [0.717, 1.165) is 17.9 Å². The Labute approximate surface area is 163 Å². The van der Waals surface area contributed by atoms with Crippen LogP contribution in [0.3, 0.4) is 0 Å². The first-order valence-corrected chi connectivity index (χ1v) is 9.31. The molecule has 3 heterocycles. The molecular weight excluding hydrogens is 364 g/mol. The number of ether oxygens (including phenoxy) is 2. The van der Waals surface area contributed by atoms with E-state index in [2.05, 4.69) is 20.4 Å². The van der Waals surface area contributed by atoms with Crippen molar-refractivity contribution < 1.29 is 18.7 Å². The lowest BCUT2D eigenvalue weighted by molar-refractivity contribution is -0.0398. The maximum atomic E-state index is 11.6. The number of morpholine rings is 1. The number of rotatable bonds is 7. The molecule has 0 aromatic carbocycles. The molecule has 0 radical (unpaired) electrons. The van der Waals surface area contributed by atoms with Gasteiger partial charge in [0.15, 0.2) is 11.6 Å². The molecule has 1 saturated heterocycles. The van der Waals surface area contributed by atoms with E-state index in [1.807, 2.05) is 20.8 Å². The molecule has 1 aliphatic heterocycles. The van der Waals surface area contributed by atoms with Crippen LogP contribution in [0.2, 0.25) is 0 Å². The number of aromatic nitrogens is 4. The van der Waals surface area contributed by atoms with Crippen molar-refractivity contribution in [2.45, 2.75) is 45.4 Å². The number of nitrogens with zero attached hydrogens (tertiary/aromatic N) is 5. The van der Waals surface area contributed by atoms with Crippen molar-refractivity contribution in [3.05, 3.63) is 29.0 Å². The zero-order valence-corrected chi connectivity index (χ0v) is 16.8. The van der Waals surface area contributed by atoms with Crippen molar-refractivity contribution in [1.82, 2.24) is 25.1 Å². The second-order valence-corrected chi connectivity index (χ2v) is 7.93. The van der Waals surface area contributed by atoms with E-state index in [0.29, 0.717) is 38.7 Å². The van der Waals surface area contributed by atoms with Gasteiger partial charge < -0.3 is 19.6 Å². The Kier molecular flexibility index (Phi) is 6.11. The predicted molar refractivity (Wildman–Crippen MR) is 99.6 cm³/mol. The summed E-state index contributed by atoms with van der Waals surface area (Å²) >= 11 is 0. The quantitative estimate of drug-likeness (QED) is 0.737. The fourth-order valence-corrected chi connectivity index (χ4v) is 3.32. The minimum absolute atomic E-state index is 0.188. The molecule has 1 amide bonds. The monoisotopic (exact) mass is 392 g/mol. The SMILES string of the molecule is COCCn1nnnc1C1CN(Cc2cc(C(N)=O)oc2C(C)(C)C)CCO1. The molecule has 1 unspecified atom stereocenters. The van der Waals surface area contributed by atoms with Gasteiger partial charge in [0.25, 0.3) is 5.91 Å². The molecule has 2 aromatic rings. The van der Waals surface area contributed by atoms with Crippen molar-refractivity contribution in [2.75, 3.05) is 33.4 Å². The Morgan fingerprint density at radius 3 is 2.89 bits per heavy atom. The van der Waals surface area contributed by atoms with Crippen molar-refractivity contribution in [2.24, 2.45) is 5.73 Å². The number of tetrazole rings is 1. The zero-order chi connectivity index (χ0) is 20.3. The second kappa shape index (κ2) is 8.38. The largest absolute Gasteiger partial charge is 0.455 e. The van der Waals surface area contributed by atoms with Crippen LogP contribution in [0.15, 0.2) is 10.5 Å². The predicted octanol–water partition coefficient (Wildman–Crippen LogP) is 0.882. The second-order valence-electron chi connectivity index (χ2n) is 7.93. The normalized spacial score (nSPS) is 18.5. The molecule has 10 nitrogen and oxygen atoms in total. The fraction of sp³-hybridized carbons (Fsp3) is 0.667. The van der Waals surface area contributed by atoms with Crippen molar-refractivity contribution in [1.29, 1.82) is 0 Å². The van der Waals surface area contributed by atoms with Gasteiger partial charge in [0, 0.05) is 37.7 Å². The number of carbonyl (C=O) groups is 1. The summed E-state index contributed by atoms with van der Waals surface area (Å²) in [6, 6.07) is 1.75. The smallest absolute Gasteiger partial charge is 0.284 e. The number of hydrogen-bond donors (Lipinski definition) is 1. The average Bonchev–Trinajstić information content (AvgIpc) is 3.26. The summed E-state index contributed by atoms with van der Waals surface area (Å²) < 4.78 is 18.5. The van der Waals surface area contributed by atoms with Crippen LogP contribution in [0.4, 0.5) is 0 Å². The molecule has 1 fully saturated rings. The van der Waals surface area contributed by atoms with Gasteiger partial charge in [-0.05, 0) is 16.5 Å². The first-order chi connectivity index (χ1) is 13.3. The van der Waals surface area contributed by atoms with E-state index in [9.17, 15) is 4.79 Å². The van der Waals surface area contributed by atoms with Crippen LogP contribution in [0.1, 0.15) is 54.6 Å². The highest BCUT2D eigenvalue weighted by Gasteiger charge is 2.30. The van der Waals surface area contributed by atoms with Crippen LogP contribution in [0, 0.1) is 0 Å². The summed E-state index contributed by atoms with van der Waals surface area (Å²) in [6.45, 7) is 9.82. The fourth-order valence-electron chi connectivity index (χ4n) is 3.32. The highest BCUT2D eigenvalue weighted by molar-refractivity contribution is 5.90. The van der Waals surface area contributed by atoms with Crippen LogP contribution < -0.4 is 5.73 Å². The number of furan rings is 1. The zero-order valence-electron chi connectivity index (χ0n) is 16.8. The Hall–Kier alpha value is -2.30. The first kappa shape index (κ1) is 20.4. The van der Waals surface area contributed by atoms with Gasteiger partial charge in [0.2, 0.25) is 0 Å². The van der Waals surface area contributed by atoms with Crippen LogP contribution in [-0.2, 0) is 28.0 Å². The number of nitrogens with two attached hydrogens (primary N) is 1. The van der Waals surface area contributed by atoms with E-state index in [-0.39, 0.29) is 17.3 Å². The summed E-state index contributed by atoms with van der Waals surface area (Å²) in [4.78, 5) is 13.8. The molecule has 1 aliphatic rings. The maximum Gasteiger partial charge on any atom is 0.284 e. The van der Waals surface area contributed by atoms with Gasteiger partial charge in [-0.15, -0.1) is 5.10 Å².